The molecule has 0 radical (unpaired) electrons. The van der Waals surface area contributed by atoms with Crippen molar-refractivity contribution in [1.82, 2.24) is 15.5 Å². The molecule has 28 heavy (non-hydrogen) atoms. The van der Waals surface area contributed by atoms with Crippen LogP contribution in [0.25, 0.3) is 0 Å². The van der Waals surface area contributed by atoms with Crippen LogP contribution >= 0.6 is 0 Å². The summed E-state index contributed by atoms with van der Waals surface area (Å²) in [4.78, 5) is 27.2. The number of carbonyl (C=O) groups excluding carboxylic acids is 2. The molecule has 0 spiro atoms. The van der Waals surface area contributed by atoms with Gasteiger partial charge in [0.2, 0.25) is 5.91 Å². The van der Waals surface area contributed by atoms with Gasteiger partial charge in [-0.1, -0.05) is 49.4 Å². The second-order valence-electron chi connectivity index (χ2n) is 7.21. The first-order chi connectivity index (χ1) is 13.7. The lowest BCUT2D eigenvalue weighted by molar-refractivity contribution is -0.132. The van der Waals surface area contributed by atoms with Crippen LogP contribution in [-0.4, -0.2) is 36.3 Å². The summed E-state index contributed by atoms with van der Waals surface area (Å²) in [5.74, 6) is 0.0667. The van der Waals surface area contributed by atoms with Gasteiger partial charge in [-0.2, -0.15) is 0 Å². The van der Waals surface area contributed by atoms with Crippen molar-refractivity contribution in [3.05, 3.63) is 71.3 Å². The molecule has 5 nitrogen and oxygen atoms in total. The Morgan fingerprint density at radius 1 is 1.04 bits per heavy atom. The van der Waals surface area contributed by atoms with Gasteiger partial charge in [-0.3, -0.25) is 14.9 Å². The molecule has 1 aliphatic heterocycles. The van der Waals surface area contributed by atoms with Gasteiger partial charge in [-0.05, 0) is 42.5 Å². The Labute approximate surface area is 167 Å². The minimum Gasteiger partial charge on any atom is -0.352 e. The predicted molar refractivity (Wildman–Crippen MR) is 111 cm³/mol. The lowest BCUT2D eigenvalue weighted by Gasteiger charge is -2.24. The van der Waals surface area contributed by atoms with Crippen LogP contribution < -0.4 is 10.6 Å². The number of hydrogen-bond donors (Lipinski definition) is 2. The number of nitrogens with one attached hydrogen (secondary N) is 2. The molecule has 0 aliphatic carbocycles. The fourth-order valence-corrected chi connectivity index (χ4v) is 3.50. The molecule has 1 atom stereocenters. The van der Waals surface area contributed by atoms with Crippen molar-refractivity contribution in [2.45, 2.75) is 38.8 Å². The first-order valence-corrected chi connectivity index (χ1v) is 10.1. The van der Waals surface area contributed by atoms with Crippen LogP contribution in [0.3, 0.4) is 0 Å². The molecule has 1 aliphatic rings. The van der Waals surface area contributed by atoms with Crippen molar-refractivity contribution in [2.75, 3.05) is 19.6 Å². The van der Waals surface area contributed by atoms with Crippen molar-refractivity contribution in [1.29, 1.82) is 0 Å². The Balaban J connectivity index is 1.71. The van der Waals surface area contributed by atoms with Crippen LogP contribution in [0, 0.1) is 0 Å². The van der Waals surface area contributed by atoms with E-state index in [4.69, 9.17) is 0 Å². The van der Waals surface area contributed by atoms with Crippen LogP contribution in [0.15, 0.2) is 54.6 Å². The summed E-state index contributed by atoms with van der Waals surface area (Å²) in [5, 5.41) is 6.32. The van der Waals surface area contributed by atoms with E-state index in [9.17, 15) is 9.59 Å². The fourth-order valence-electron chi connectivity index (χ4n) is 3.50. The summed E-state index contributed by atoms with van der Waals surface area (Å²) in [7, 11) is 0. The quantitative estimate of drug-likeness (QED) is 0.740. The number of carbonyl (C=O) groups is 2. The van der Waals surface area contributed by atoms with Gasteiger partial charge in [-0.15, -0.1) is 0 Å². The zero-order valence-corrected chi connectivity index (χ0v) is 16.5. The lowest BCUT2D eigenvalue weighted by Crippen LogP contribution is -2.39. The molecule has 1 heterocycles. The van der Waals surface area contributed by atoms with Crippen LogP contribution in [0.2, 0.25) is 0 Å². The topological polar surface area (TPSA) is 61.4 Å². The van der Waals surface area contributed by atoms with Gasteiger partial charge in [0.05, 0.1) is 0 Å². The lowest BCUT2D eigenvalue weighted by atomic mass is 10.0. The van der Waals surface area contributed by atoms with Crippen molar-refractivity contribution in [3.8, 4) is 0 Å². The van der Waals surface area contributed by atoms with E-state index in [-0.39, 0.29) is 17.9 Å². The maximum absolute atomic E-state index is 13.1. The van der Waals surface area contributed by atoms with E-state index >= 15 is 0 Å². The largest absolute Gasteiger partial charge is 0.352 e. The van der Waals surface area contributed by atoms with Gasteiger partial charge in [0.15, 0.2) is 0 Å². The summed E-state index contributed by atoms with van der Waals surface area (Å²) >= 11 is 0. The fraction of sp³-hybridized carbons (Fsp3) is 0.391. The maximum atomic E-state index is 13.1. The molecule has 1 saturated heterocycles. The standard InChI is InChI=1S/C23H29N3O2/c1-2-13-24-22(27)20-12-8-9-18(16-20)17-25-21(19-10-4-3-5-11-19)23(28)26-14-6-7-15-26/h3-5,8-12,16,21,25H,2,6-7,13-15,17H2,1H3,(H,24,27). The second-order valence-corrected chi connectivity index (χ2v) is 7.21. The number of rotatable bonds is 8. The average molecular weight is 380 g/mol. The van der Waals surface area contributed by atoms with E-state index in [0.717, 1.165) is 43.5 Å². The molecule has 5 heteroatoms. The van der Waals surface area contributed by atoms with Gasteiger partial charge >= 0.3 is 0 Å². The summed E-state index contributed by atoms with van der Waals surface area (Å²) in [5.41, 5.74) is 2.60. The molecule has 0 saturated carbocycles. The molecule has 1 unspecified atom stereocenters. The molecule has 3 rings (SSSR count). The van der Waals surface area contributed by atoms with Crippen LogP contribution in [0.5, 0.6) is 0 Å². The number of amides is 2. The minimum absolute atomic E-state index is 0.0588. The molecule has 0 aromatic heterocycles. The Morgan fingerprint density at radius 2 is 1.79 bits per heavy atom. The zero-order valence-electron chi connectivity index (χ0n) is 16.5. The molecule has 1 fully saturated rings. The number of hydrogen-bond acceptors (Lipinski definition) is 3. The normalized spacial score (nSPS) is 14.7. The highest BCUT2D eigenvalue weighted by Crippen LogP contribution is 2.20. The average Bonchev–Trinajstić information content (AvgIpc) is 3.28. The van der Waals surface area contributed by atoms with Crippen LogP contribution in [0.4, 0.5) is 0 Å². The van der Waals surface area contributed by atoms with E-state index in [2.05, 4.69) is 10.6 Å². The third-order valence-corrected chi connectivity index (χ3v) is 5.03. The van der Waals surface area contributed by atoms with E-state index in [1.165, 1.54) is 0 Å². The van der Waals surface area contributed by atoms with Crippen molar-refractivity contribution < 1.29 is 9.59 Å². The highest BCUT2D eigenvalue weighted by molar-refractivity contribution is 5.94. The third kappa shape index (κ3) is 5.20. The van der Waals surface area contributed by atoms with E-state index < -0.39 is 0 Å². The van der Waals surface area contributed by atoms with Crippen LogP contribution in [0.1, 0.15) is 53.7 Å². The first kappa shape index (κ1) is 20.1. The highest BCUT2D eigenvalue weighted by Gasteiger charge is 2.27. The number of nitrogens with zero attached hydrogens (tertiary/aromatic N) is 1. The van der Waals surface area contributed by atoms with Crippen LogP contribution in [-0.2, 0) is 11.3 Å². The molecule has 2 aromatic carbocycles. The van der Waals surface area contributed by atoms with Gasteiger partial charge in [0.1, 0.15) is 6.04 Å². The summed E-state index contributed by atoms with van der Waals surface area (Å²) in [6.45, 7) is 4.88. The SMILES string of the molecule is CCCNC(=O)c1cccc(CNC(C(=O)N2CCCC2)c2ccccc2)c1. The number of benzene rings is 2. The number of likely N-dealkylation sites (tertiary alicyclic amines) is 1. The van der Waals surface area contributed by atoms with Crippen molar-refractivity contribution in [3.63, 3.8) is 0 Å². The Hall–Kier alpha value is -2.66. The van der Waals surface area contributed by atoms with E-state index in [0.29, 0.717) is 18.7 Å². The molecule has 0 bridgehead atoms. The molecule has 2 N–H and O–H groups in total. The molecular weight excluding hydrogens is 350 g/mol. The molecule has 2 amide bonds. The summed E-state index contributed by atoms with van der Waals surface area (Å²) in [6, 6.07) is 17.0. The Morgan fingerprint density at radius 3 is 2.50 bits per heavy atom. The maximum Gasteiger partial charge on any atom is 0.251 e. The highest BCUT2D eigenvalue weighted by atomic mass is 16.2. The van der Waals surface area contributed by atoms with Gasteiger partial charge in [0, 0.05) is 31.7 Å². The monoisotopic (exact) mass is 379 g/mol. The predicted octanol–water partition coefficient (Wildman–Crippen LogP) is 3.28. The van der Waals surface area contributed by atoms with E-state index in [1.54, 1.807) is 0 Å². The summed E-state index contributed by atoms with van der Waals surface area (Å²) < 4.78 is 0. The van der Waals surface area contributed by atoms with Crippen molar-refractivity contribution >= 4 is 11.8 Å². The third-order valence-electron chi connectivity index (χ3n) is 5.03. The zero-order chi connectivity index (χ0) is 19.8. The smallest absolute Gasteiger partial charge is 0.251 e. The Bertz CT molecular complexity index is 785. The van der Waals surface area contributed by atoms with Crippen molar-refractivity contribution in [2.24, 2.45) is 0 Å². The molecule has 2 aromatic rings. The van der Waals surface area contributed by atoms with Gasteiger partial charge in [0.25, 0.3) is 5.91 Å². The van der Waals surface area contributed by atoms with E-state index in [1.807, 2.05) is 66.4 Å². The van der Waals surface area contributed by atoms with Gasteiger partial charge < -0.3 is 10.2 Å². The molecular formula is C23H29N3O2. The van der Waals surface area contributed by atoms with Gasteiger partial charge in [-0.25, -0.2) is 0 Å². The summed E-state index contributed by atoms with van der Waals surface area (Å²) in [6.07, 6.45) is 3.05. The minimum atomic E-state index is -0.378. The first-order valence-electron chi connectivity index (χ1n) is 10.1. The Kier molecular flexibility index (Phi) is 7.20. The molecule has 148 valence electrons. The second kappa shape index (κ2) is 10.0.